The average molecular weight is 329 g/mol. The molecule has 1 fully saturated rings. The van der Waals surface area contributed by atoms with Gasteiger partial charge in [0.25, 0.3) is 0 Å². The Balaban J connectivity index is 0.00000220. The van der Waals surface area contributed by atoms with Crippen LogP contribution >= 0.6 is 24.2 Å². The van der Waals surface area contributed by atoms with Crippen molar-refractivity contribution in [3.05, 3.63) is 29.8 Å². The van der Waals surface area contributed by atoms with E-state index in [1.807, 2.05) is 23.9 Å². The summed E-state index contributed by atoms with van der Waals surface area (Å²) in [6.45, 7) is 1.69. The van der Waals surface area contributed by atoms with Gasteiger partial charge >= 0.3 is 0 Å². The van der Waals surface area contributed by atoms with E-state index >= 15 is 0 Å². The number of thioether (sulfide) groups is 1. The number of carbonyl (C=O) groups excluding carboxylic acids is 1. The molecule has 0 spiro atoms. The van der Waals surface area contributed by atoms with Gasteiger partial charge in [-0.25, -0.2) is 0 Å². The Bertz CT molecular complexity index is 448. The van der Waals surface area contributed by atoms with Crippen molar-refractivity contribution < 1.29 is 4.79 Å². The molecule has 1 aromatic carbocycles. The molecule has 3 nitrogen and oxygen atoms in total. The Morgan fingerprint density at radius 3 is 2.76 bits per heavy atom. The topological polar surface area (TPSA) is 55.1 Å². The predicted molar refractivity (Wildman–Crippen MR) is 94.1 cm³/mol. The molecule has 5 heteroatoms. The van der Waals surface area contributed by atoms with E-state index in [1.54, 1.807) is 6.92 Å². The molecule has 0 aromatic heterocycles. The number of nitrogens with two attached hydrogens (primary N) is 1. The molecule has 3 N–H and O–H groups in total. The van der Waals surface area contributed by atoms with Crippen LogP contribution in [-0.4, -0.2) is 17.2 Å². The second-order valence-corrected chi connectivity index (χ2v) is 6.84. The number of amides is 1. The van der Waals surface area contributed by atoms with Gasteiger partial charge in [0.2, 0.25) is 5.91 Å². The van der Waals surface area contributed by atoms with Crippen molar-refractivity contribution in [3.8, 4) is 0 Å². The first-order valence-corrected chi connectivity index (χ1v) is 8.47. The van der Waals surface area contributed by atoms with E-state index in [-0.39, 0.29) is 18.3 Å². The lowest BCUT2D eigenvalue weighted by Gasteiger charge is -2.21. The molecular formula is C16H25ClN2OS. The smallest absolute Gasteiger partial charge is 0.240 e. The molecular weight excluding hydrogens is 304 g/mol. The van der Waals surface area contributed by atoms with Crippen LogP contribution in [0.1, 0.15) is 44.6 Å². The van der Waals surface area contributed by atoms with Gasteiger partial charge in [-0.1, -0.05) is 31.4 Å². The molecule has 0 heterocycles. The number of anilines is 1. The van der Waals surface area contributed by atoms with Crippen LogP contribution in [0.4, 0.5) is 5.69 Å². The largest absolute Gasteiger partial charge is 0.325 e. The molecule has 1 atom stereocenters. The summed E-state index contributed by atoms with van der Waals surface area (Å²) in [5, 5.41) is 3.66. The molecule has 1 aliphatic carbocycles. The lowest BCUT2D eigenvalue weighted by Crippen LogP contribution is -2.32. The summed E-state index contributed by atoms with van der Waals surface area (Å²) in [6.07, 6.45) is 6.86. The van der Waals surface area contributed by atoms with E-state index in [9.17, 15) is 4.79 Å². The van der Waals surface area contributed by atoms with Crippen LogP contribution in [0.15, 0.2) is 24.3 Å². The van der Waals surface area contributed by atoms with Gasteiger partial charge < -0.3 is 11.1 Å². The molecule has 0 bridgehead atoms. The zero-order chi connectivity index (χ0) is 14.4. The molecule has 1 amide bonds. The maximum atomic E-state index is 11.6. The standard InChI is InChI=1S/C16H24N2OS.ClH/c1-12(17)16(19)18-14-7-5-6-13(10-14)11-20-15-8-3-2-4-9-15;/h5-7,10,12,15H,2-4,8-9,11,17H2,1H3,(H,18,19);1H/t12-;/m0./s1. The maximum Gasteiger partial charge on any atom is 0.240 e. The van der Waals surface area contributed by atoms with Gasteiger partial charge in [-0.2, -0.15) is 11.8 Å². The van der Waals surface area contributed by atoms with E-state index in [4.69, 9.17) is 5.73 Å². The first-order chi connectivity index (χ1) is 9.65. The lowest BCUT2D eigenvalue weighted by atomic mass is 10.0. The Hall–Kier alpha value is -0.710. The van der Waals surface area contributed by atoms with Gasteiger partial charge in [-0.05, 0) is 37.5 Å². The van der Waals surface area contributed by atoms with Crippen LogP contribution in [0.25, 0.3) is 0 Å². The van der Waals surface area contributed by atoms with Gasteiger partial charge in [0.15, 0.2) is 0 Å². The highest BCUT2D eigenvalue weighted by molar-refractivity contribution is 7.99. The SMILES string of the molecule is C[C@H](N)C(=O)Nc1cccc(CSC2CCCCC2)c1.Cl. The molecule has 1 aliphatic rings. The second-order valence-electron chi connectivity index (χ2n) is 5.55. The molecule has 0 radical (unpaired) electrons. The number of hydrogen-bond donors (Lipinski definition) is 2. The maximum absolute atomic E-state index is 11.6. The van der Waals surface area contributed by atoms with Crippen molar-refractivity contribution in [1.82, 2.24) is 0 Å². The minimum Gasteiger partial charge on any atom is -0.325 e. The summed E-state index contributed by atoms with van der Waals surface area (Å²) >= 11 is 2.05. The van der Waals surface area contributed by atoms with E-state index in [1.165, 1.54) is 37.7 Å². The fourth-order valence-electron chi connectivity index (χ4n) is 2.44. The summed E-state index contributed by atoms with van der Waals surface area (Å²) in [4.78, 5) is 11.6. The second kappa shape index (κ2) is 9.34. The Kier molecular flexibility index (Phi) is 8.15. The molecule has 1 aromatic rings. The minimum absolute atomic E-state index is 0. The highest BCUT2D eigenvalue weighted by Crippen LogP contribution is 2.30. The van der Waals surface area contributed by atoms with Gasteiger partial charge in [-0.3, -0.25) is 4.79 Å². The van der Waals surface area contributed by atoms with Gasteiger partial charge in [0.05, 0.1) is 6.04 Å². The number of rotatable bonds is 5. The molecule has 118 valence electrons. The van der Waals surface area contributed by atoms with E-state index in [0.717, 1.165) is 16.7 Å². The summed E-state index contributed by atoms with van der Waals surface area (Å²) in [5.74, 6) is 0.883. The van der Waals surface area contributed by atoms with Crippen LogP contribution in [0.5, 0.6) is 0 Å². The third-order valence-electron chi connectivity index (χ3n) is 3.65. The number of nitrogens with one attached hydrogen (secondary N) is 1. The number of carbonyl (C=O) groups is 1. The van der Waals surface area contributed by atoms with Crippen molar-refractivity contribution >= 4 is 35.8 Å². The van der Waals surface area contributed by atoms with Crippen LogP contribution < -0.4 is 11.1 Å². The Labute approximate surface area is 137 Å². The van der Waals surface area contributed by atoms with Crippen molar-refractivity contribution in [2.24, 2.45) is 5.73 Å². The first-order valence-electron chi connectivity index (χ1n) is 7.42. The summed E-state index contributed by atoms with van der Waals surface area (Å²) in [6, 6.07) is 7.60. The van der Waals surface area contributed by atoms with Crippen molar-refractivity contribution in [1.29, 1.82) is 0 Å². The molecule has 21 heavy (non-hydrogen) atoms. The van der Waals surface area contributed by atoms with E-state index in [2.05, 4.69) is 17.4 Å². The fraction of sp³-hybridized carbons (Fsp3) is 0.562. The highest BCUT2D eigenvalue weighted by Gasteiger charge is 2.14. The Morgan fingerprint density at radius 1 is 1.38 bits per heavy atom. The zero-order valence-corrected chi connectivity index (χ0v) is 14.1. The third-order valence-corrected chi connectivity index (χ3v) is 5.09. The van der Waals surface area contributed by atoms with Crippen LogP contribution in [0.2, 0.25) is 0 Å². The minimum atomic E-state index is -0.477. The normalized spacial score (nSPS) is 16.9. The van der Waals surface area contributed by atoms with Gasteiger partial charge in [0, 0.05) is 16.7 Å². The molecule has 2 rings (SSSR count). The molecule has 1 saturated carbocycles. The molecule has 0 saturated heterocycles. The molecule has 0 aliphatic heterocycles. The van der Waals surface area contributed by atoms with Crippen molar-refractivity contribution in [2.45, 2.75) is 56.1 Å². The van der Waals surface area contributed by atoms with Gasteiger partial charge in [0.1, 0.15) is 0 Å². The quantitative estimate of drug-likeness (QED) is 0.860. The zero-order valence-electron chi connectivity index (χ0n) is 12.5. The van der Waals surface area contributed by atoms with Crippen LogP contribution in [-0.2, 0) is 10.5 Å². The molecule has 0 unspecified atom stereocenters. The summed E-state index contributed by atoms with van der Waals surface area (Å²) in [7, 11) is 0. The summed E-state index contributed by atoms with van der Waals surface area (Å²) < 4.78 is 0. The monoisotopic (exact) mass is 328 g/mol. The van der Waals surface area contributed by atoms with Gasteiger partial charge in [-0.15, -0.1) is 12.4 Å². The lowest BCUT2D eigenvalue weighted by molar-refractivity contribution is -0.117. The van der Waals surface area contributed by atoms with Crippen molar-refractivity contribution in [3.63, 3.8) is 0 Å². The summed E-state index contributed by atoms with van der Waals surface area (Å²) in [5.41, 5.74) is 7.67. The Morgan fingerprint density at radius 2 is 2.10 bits per heavy atom. The number of benzene rings is 1. The van der Waals surface area contributed by atoms with Crippen LogP contribution in [0, 0.1) is 0 Å². The fourth-order valence-corrected chi connectivity index (χ4v) is 3.72. The highest BCUT2D eigenvalue weighted by atomic mass is 35.5. The third kappa shape index (κ3) is 6.29. The average Bonchev–Trinajstić information content (AvgIpc) is 2.46. The number of halogens is 1. The van der Waals surface area contributed by atoms with Crippen molar-refractivity contribution in [2.75, 3.05) is 5.32 Å². The predicted octanol–water partition coefficient (Wildman–Crippen LogP) is 3.96. The number of hydrogen-bond acceptors (Lipinski definition) is 3. The van der Waals surface area contributed by atoms with E-state index in [0.29, 0.717) is 0 Å². The van der Waals surface area contributed by atoms with Crippen LogP contribution in [0.3, 0.4) is 0 Å². The van der Waals surface area contributed by atoms with E-state index < -0.39 is 6.04 Å². The first kappa shape index (κ1) is 18.3.